The molecule has 1 saturated carbocycles. The molecule has 0 spiro atoms. The van der Waals surface area contributed by atoms with Crippen molar-refractivity contribution >= 4 is 23.0 Å². The van der Waals surface area contributed by atoms with Crippen molar-refractivity contribution in [2.75, 3.05) is 20.8 Å². The number of ether oxygens (including phenoxy) is 2. The van der Waals surface area contributed by atoms with E-state index in [1.165, 1.54) is 39.5 Å². The summed E-state index contributed by atoms with van der Waals surface area (Å²) < 4.78 is 42.8. The second-order valence-corrected chi connectivity index (χ2v) is 14.8. The lowest BCUT2D eigenvalue weighted by atomic mass is 9.98. The van der Waals surface area contributed by atoms with Gasteiger partial charge in [0.05, 0.1) is 48.2 Å². The van der Waals surface area contributed by atoms with Crippen LogP contribution in [0.5, 0.6) is 0 Å². The minimum atomic E-state index is -3.22. The molecule has 13 heteroatoms. The molecule has 3 unspecified atom stereocenters. The number of benzene rings is 3. The van der Waals surface area contributed by atoms with Crippen LogP contribution in [-0.2, 0) is 20.2 Å². The maximum absolute atomic E-state index is 16.4. The molecule has 53 heavy (non-hydrogen) atoms. The molecule has 2 aromatic heterocycles. The van der Waals surface area contributed by atoms with Crippen LogP contribution in [0.2, 0.25) is 0 Å². The first kappa shape index (κ1) is 33.7. The van der Waals surface area contributed by atoms with Gasteiger partial charge in [0.25, 0.3) is 5.92 Å². The van der Waals surface area contributed by atoms with Crippen LogP contribution in [0.25, 0.3) is 44.5 Å². The average molecular weight is 722 g/mol. The number of amides is 2. The first-order valence-corrected chi connectivity index (χ1v) is 18.3. The van der Waals surface area contributed by atoms with Crippen LogP contribution in [0.1, 0.15) is 73.9 Å². The quantitative estimate of drug-likeness (QED) is 0.136. The van der Waals surface area contributed by atoms with Gasteiger partial charge in [-0.2, -0.15) is 8.78 Å². The molecule has 6 atom stereocenters. The van der Waals surface area contributed by atoms with Crippen molar-refractivity contribution in [3.63, 3.8) is 0 Å². The number of nitrogens with zero attached hydrogens (tertiary/aromatic N) is 3. The molecule has 2 aliphatic heterocycles. The summed E-state index contributed by atoms with van der Waals surface area (Å²) in [7, 11) is 2.70. The zero-order valence-electron chi connectivity index (χ0n) is 29.7. The van der Waals surface area contributed by atoms with Gasteiger partial charge in [0.2, 0.25) is 5.91 Å². The molecule has 2 amide bonds. The Hall–Kier alpha value is -5.14. The normalized spacial score (nSPS) is 23.6. The fourth-order valence-electron chi connectivity index (χ4n) is 8.94. The lowest BCUT2D eigenvalue weighted by Crippen LogP contribution is -2.54. The maximum Gasteiger partial charge on any atom is 0.407 e. The number of methoxy groups -OCH3 is 2. The van der Waals surface area contributed by atoms with E-state index in [0.29, 0.717) is 58.7 Å². The Morgan fingerprint density at radius 3 is 2.40 bits per heavy atom. The summed E-state index contributed by atoms with van der Waals surface area (Å²) >= 11 is 0. The van der Waals surface area contributed by atoms with Gasteiger partial charge in [-0.25, -0.2) is 14.8 Å². The summed E-state index contributed by atoms with van der Waals surface area (Å²) in [6.07, 6.45) is 5.30. The van der Waals surface area contributed by atoms with Crippen molar-refractivity contribution in [3.05, 3.63) is 83.6 Å². The predicted octanol–water partition coefficient (Wildman–Crippen LogP) is 6.98. The van der Waals surface area contributed by atoms with E-state index in [9.17, 15) is 9.59 Å². The van der Waals surface area contributed by atoms with Crippen LogP contribution >= 0.6 is 0 Å². The minimum Gasteiger partial charge on any atom is -0.453 e. The first-order chi connectivity index (χ1) is 25.6. The number of carbonyl (C=O) groups excluding carboxylic acids is 2. The SMILES string of the molecule is COC(=O)NC(C(=O)N1CCC[C@H]1c1ncc(-c2ccc3c(c2)C(F)(F)c2cc(-c4ccc5nc(C6N[C@@H]7CCC6C7)[nH]c5c4)ccc2-3)[nH]1)[C@@H](C)OC. The monoisotopic (exact) mass is 721 g/mol. The van der Waals surface area contributed by atoms with E-state index in [1.807, 2.05) is 30.3 Å². The number of aromatic amines is 2. The number of likely N-dealkylation sites (tertiary alicyclic amines) is 1. The van der Waals surface area contributed by atoms with Gasteiger partial charge in [0.1, 0.15) is 17.7 Å². The highest BCUT2D eigenvalue weighted by atomic mass is 19.3. The fraction of sp³-hybridized carbons (Fsp3) is 0.400. The van der Waals surface area contributed by atoms with Crippen molar-refractivity contribution in [3.8, 4) is 33.5 Å². The smallest absolute Gasteiger partial charge is 0.407 e. The van der Waals surface area contributed by atoms with Gasteiger partial charge >= 0.3 is 6.09 Å². The number of alkyl carbamates (subject to hydrolysis) is 1. The number of H-pyrrole nitrogens is 2. The van der Waals surface area contributed by atoms with E-state index in [0.717, 1.165) is 28.8 Å². The Morgan fingerprint density at radius 2 is 1.68 bits per heavy atom. The number of imidazole rings is 2. The van der Waals surface area contributed by atoms with Crippen molar-refractivity contribution < 1.29 is 27.8 Å². The number of piperidine rings is 1. The Balaban J connectivity index is 0.960. The summed E-state index contributed by atoms with van der Waals surface area (Å²) in [6, 6.07) is 15.8. The first-order valence-electron chi connectivity index (χ1n) is 18.3. The lowest BCUT2D eigenvalue weighted by Gasteiger charge is -2.30. The number of rotatable bonds is 8. The van der Waals surface area contributed by atoms with E-state index in [2.05, 4.69) is 25.6 Å². The van der Waals surface area contributed by atoms with E-state index < -0.39 is 24.2 Å². The molecule has 11 nitrogen and oxygen atoms in total. The third kappa shape index (κ3) is 5.59. The Kier molecular flexibility index (Phi) is 8.11. The molecule has 3 fully saturated rings. The topological polar surface area (TPSA) is 137 Å². The van der Waals surface area contributed by atoms with Crippen LogP contribution in [0.3, 0.4) is 0 Å². The molecule has 3 aromatic carbocycles. The van der Waals surface area contributed by atoms with E-state index >= 15 is 8.78 Å². The summed E-state index contributed by atoms with van der Waals surface area (Å²) in [5.74, 6) is -1.44. The largest absolute Gasteiger partial charge is 0.453 e. The molecule has 2 saturated heterocycles. The van der Waals surface area contributed by atoms with E-state index in [1.54, 1.807) is 36.2 Å². The summed E-state index contributed by atoms with van der Waals surface area (Å²) in [5, 5.41) is 6.28. The highest BCUT2D eigenvalue weighted by Gasteiger charge is 2.45. The van der Waals surface area contributed by atoms with Gasteiger partial charge in [-0.3, -0.25) is 4.79 Å². The van der Waals surface area contributed by atoms with Gasteiger partial charge < -0.3 is 35.0 Å². The van der Waals surface area contributed by atoms with Gasteiger partial charge in [0.15, 0.2) is 0 Å². The third-order valence-corrected chi connectivity index (χ3v) is 11.8. The number of halogens is 2. The molecular formula is C40H41F2N7O4. The predicted molar refractivity (Wildman–Crippen MR) is 194 cm³/mol. The van der Waals surface area contributed by atoms with Gasteiger partial charge in [0, 0.05) is 36.4 Å². The van der Waals surface area contributed by atoms with Crippen molar-refractivity contribution in [1.29, 1.82) is 0 Å². The Bertz CT molecular complexity index is 2250. The van der Waals surface area contributed by atoms with Gasteiger partial charge in [-0.15, -0.1) is 0 Å². The van der Waals surface area contributed by atoms with Crippen molar-refractivity contribution in [2.24, 2.45) is 5.92 Å². The van der Waals surface area contributed by atoms with Crippen LogP contribution in [0, 0.1) is 5.92 Å². The summed E-state index contributed by atoms with van der Waals surface area (Å²) in [4.78, 5) is 43.6. The van der Waals surface area contributed by atoms with Crippen molar-refractivity contribution in [1.82, 2.24) is 35.5 Å². The lowest BCUT2D eigenvalue weighted by molar-refractivity contribution is -0.137. The van der Waals surface area contributed by atoms with Gasteiger partial charge in [-0.1, -0.05) is 30.3 Å². The standard InChI is InChI=1S/C40H41F2N7O4/c1-20(52-2)34(48-39(51)53-3)38(50)49-14-4-5-33(49)36-43-19-32(47-36)23-8-12-27-26-11-7-21(16-28(26)40(41,42)29(27)17-23)22-9-13-30-31(18-22)46-37(45-30)35-24-6-10-25(15-24)44-35/h7-9,11-13,16-20,24-25,33-35,44H,4-6,10,14-15H2,1-3H3,(H,43,47)(H,45,46)(H,48,51)/t20-,24?,25-,33+,34?,35?/m1/s1. The van der Waals surface area contributed by atoms with E-state index in [4.69, 9.17) is 14.5 Å². The van der Waals surface area contributed by atoms with Crippen LogP contribution in [0.15, 0.2) is 60.8 Å². The molecular weight excluding hydrogens is 680 g/mol. The van der Waals surface area contributed by atoms with E-state index in [-0.39, 0.29) is 29.1 Å². The maximum atomic E-state index is 16.4. The number of hydrogen-bond donors (Lipinski definition) is 4. The molecule has 274 valence electrons. The van der Waals surface area contributed by atoms with Gasteiger partial charge in [-0.05, 0) is 91.5 Å². The molecule has 2 aliphatic carbocycles. The van der Waals surface area contributed by atoms with Crippen molar-refractivity contribution in [2.45, 2.75) is 75.2 Å². The highest BCUT2D eigenvalue weighted by Crippen LogP contribution is 2.53. The average Bonchev–Trinajstić information content (AvgIpc) is 4.04. The number of fused-ring (bicyclic) bond motifs is 6. The van der Waals surface area contributed by atoms with Crippen LogP contribution in [-0.4, -0.2) is 75.8 Å². The Labute approximate surface area is 304 Å². The zero-order chi connectivity index (χ0) is 36.6. The molecule has 0 radical (unpaired) electrons. The minimum absolute atomic E-state index is 0.0236. The van der Waals surface area contributed by atoms with Crippen LogP contribution in [0.4, 0.5) is 13.6 Å². The number of carbonyl (C=O) groups is 2. The highest BCUT2D eigenvalue weighted by molar-refractivity contribution is 5.88. The second-order valence-electron chi connectivity index (χ2n) is 14.8. The number of alkyl halides is 2. The fourth-order valence-corrected chi connectivity index (χ4v) is 8.94. The number of hydrogen-bond acceptors (Lipinski definition) is 7. The Morgan fingerprint density at radius 1 is 0.943 bits per heavy atom. The third-order valence-electron chi connectivity index (χ3n) is 11.8. The second kappa shape index (κ2) is 12.8. The van der Waals surface area contributed by atoms with Crippen LogP contribution < -0.4 is 10.6 Å². The molecule has 4 heterocycles. The summed E-state index contributed by atoms with van der Waals surface area (Å²) in [6.45, 7) is 2.17. The zero-order valence-corrected chi connectivity index (χ0v) is 29.7. The molecule has 9 rings (SSSR count). The number of aromatic nitrogens is 4. The molecule has 4 aliphatic rings. The molecule has 2 bridgehead atoms. The number of nitrogens with one attached hydrogen (secondary N) is 4. The summed E-state index contributed by atoms with van der Waals surface area (Å²) in [5.41, 5.74) is 5.38. The molecule has 4 N–H and O–H groups in total. The molecule has 5 aromatic rings.